The Bertz CT molecular complexity index is 1430. The molecule has 0 bridgehead atoms. The standard InChI is InChI=1S/C36H50N4O4/c1-7-8-20-40-21-17-30(31-24-27(43-6)15-16-32(31)44-23-22-39-18-10-9-11-19-39)34(35(40)41)38-36(42)37-33-28(25(2)3)13-12-14-29(33)26(4)5/h12-17,21,24-26H,7-11,18-20,22-23H2,1-6H3,(H2,37,38,42). The highest BCUT2D eigenvalue weighted by Gasteiger charge is 2.21. The number of piperidine rings is 1. The predicted octanol–water partition coefficient (Wildman–Crippen LogP) is 8.08. The molecule has 2 amide bonds. The molecule has 2 heterocycles. The van der Waals surface area contributed by atoms with E-state index in [1.165, 1.54) is 19.3 Å². The number of benzene rings is 2. The summed E-state index contributed by atoms with van der Waals surface area (Å²) in [6, 6.07) is 13.2. The molecule has 3 aromatic rings. The van der Waals surface area contributed by atoms with Crippen LogP contribution in [-0.4, -0.2) is 48.8 Å². The highest BCUT2D eigenvalue weighted by Crippen LogP contribution is 2.37. The van der Waals surface area contributed by atoms with Gasteiger partial charge in [0.25, 0.3) is 5.56 Å². The molecule has 238 valence electrons. The Balaban J connectivity index is 1.71. The topological polar surface area (TPSA) is 84.8 Å². The number of amides is 2. The van der Waals surface area contributed by atoms with Crippen LogP contribution in [-0.2, 0) is 6.54 Å². The van der Waals surface area contributed by atoms with Crippen LogP contribution in [0.4, 0.5) is 16.2 Å². The number of rotatable bonds is 13. The minimum atomic E-state index is -0.456. The smallest absolute Gasteiger partial charge is 0.323 e. The second-order valence-electron chi connectivity index (χ2n) is 12.3. The van der Waals surface area contributed by atoms with Crippen molar-refractivity contribution in [1.29, 1.82) is 0 Å². The van der Waals surface area contributed by atoms with Crippen molar-refractivity contribution in [3.63, 3.8) is 0 Å². The van der Waals surface area contributed by atoms with Gasteiger partial charge in [0.1, 0.15) is 23.8 Å². The molecular formula is C36H50N4O4. The SMILES string of the molecule is CCCCn1ccc(-c2cc(OC)ccc2OCCN2CCCCC2)c(NC(=O)Nc2c(C(C)C)cccc2C(C)C)c1=O. The molecule has 1 fully saturated rings. The Labute approximate surface area is 262 Å². The first-order valence-corrected chi connectivity index (χ1v) is 16.2. The summed E-state index contributed by atoms with van der Waals surface area (Å²) < 4.78 is 13.6. The molecule has 1 aliphatic rings. The van der Waals surface area contributed by atoms with Gasteiger partial charge in [-0.25, -0.2) is 4.79 Å². The second-order valence-corrected chi connectivity index (χ2v) is 12.3. The summed E-state index contributed by atoms with van der Waals surface area (Å²) in [6.07, 6.45) is 7.34. The second kappa shape index (κ2) is 15.8. The lowest BCUT2D eigenvalue weighted by Crippen LogP contribution is -2.33. The highest BCUT2D eigenvalue weighted by atomic mass is 16.5. The van der Waals surface area contributed by atoms with Gasteiger partial charge in [-0.3, -0.25) is 9.69 Å². The molecule has 0 spiro atoms. The summed E-state index contributed by atoms with van der Waals surface area (Å²) >= 11 is 0. The van der Waals surface area contributed by atoms with Gasteiger partial charge in [-0.2, -0.15) is 0 Å². The third-order valence-electron chi connectivity index (χ3n) is 8.36. The van der Waals surface area contributed by atoms with Crippen LogP contribution in [0, 0.1) is 0 Å². The van der Waals surface area contributed by atoms with E-state index in [2.05, 4.69) is 50.2 Å². The van der Waals surface area contributed by atoms with Crippen LogP contribution < -0.4 is 25.7 Å². The third-order valence-corrected chi connectivity index (χ3v) is 8.36. The van der Waals surface area contributed by atoms with Crippen LogP contribution >= 0.6 is 0 Å². The van der Waals surface area contributed by atoms with Gasteiger partial charge in [0.15, 0.2) is 0 Å². The largest absolute Gasteiger partial charge is 0.497 e. The molecule has 0 saturated carbocycles. The summed E-state index contributed by atoms with van der Waals surface area (Å²) in [5.41, 5.74) is 4.14. The Morgan fingerprint density at radius 1 is 0.886 bits per heavy atom. The number of likely N-dealkylation sites (tertiary alicyclic amines) is 1. The summed E-state index contributed by atoms with van der Waals surface area (Å²) in [7, 11) is 1.61. The fourth-order valence-corrected chi connectivity index (χ4v) is 5.82. The van der Waals surface area contributed by atoms with Crippen LogP contribution in [0.3, 0.4) is 0 Å². The molecular weight excluding hydrogens is 552 g/mol. The number of ether oxygens (including phenoxy) is 2. The number of anilines is 2. The zero-order chi connectivity index (χ0) is 31.6. The quantitative estimate of drug-likeness (QED) is 0.207. The zero-order valence-corrected chi connectivity index (χ0v) is 27.4. The van der Waals surface area contributed by atoms with E-state index in [0.29, 0.717) is 35.8 Å². The van der Waals surface area contributed by atoms with E-state index < -0.39 is 6.03 Å². The summed E-state index contributed by atoms with van der Waals surface area (Å²) in [6.45, 7) is 14.7. The van der Waals surface area contributed by atoms with Crippen molar-refractivity contribution in [3.05, 3.63) is 70.1 Å². The fraction of sp³-hybridized carbons (Fsp3) is 0.500. The average Bonchev–Trinajstić information content (AvgIpc) is 3.02. The molecule has 2 aromatic carbocycles. The van der Waals surface area contributed by atoms with Crippen molar-refractivity contribution >= 4 is 17.4 Å². The lowest BCUT2D eigenvalue weighted by Gasteiger charge is -2.26. The maximum Gasteiger partial charge on any atom is 0.323 e. The Kier molecular flexibility index (Phi) is 11.9. The van der Waals surface area contributed by atoms with Crippen LogP contribution in [0.1, 0.15) is 89.7 Å². The molecule has 8 heteroatoms. The third kappa shape index (κ3) is 8.23. The predicted molar refractivity (Wildman–Crippen MR) is 181 cm³/mol. The number of aryl methyl sites for hydroxylation is 1. The van der Waals surface area contributed by atoms with E-state index in [9.17, 15) is 9.59 Å². The van der Waals surface area contributed by atoms with E-state index in [1.54, 1.807) is 17.9 Å². The van der Waals surface area contributed by atoms with Crippen molar-refractivity contribution < 1.29 is 14.3 Å². The lowest BCUT2D eigenvalue weighted by atomic mass is 9.93. The Hall–Kier alpha value is -3.78. The van der Waals surface area contributed by atoms with E-state index in [-0.39, 0.29) is 23.1 Å². The van der Waals surface area contributed by atoms with E-state index in [1.807, 2.05) is 42.5 Å². The highest BCUT2D eigenvalue weighted by molar-refractivity contribution is 6.03. The molecule has 0 unspecified atom stereocenters. The lowest BCUT2D eigenvalue weighted by molar-refractivity contribution is 0.183. The van der Waals surface area contributed by atoms with Crippen LogP contribution in [0.2, 0.25) is 0 Å². The zero-order valence-electron chi connectivity index (χ0n) is 27.4. The van der Waals surface area contributed by atoms with Gasteiger partial charge < -0.3 is 24.7 Å². The number of unbranched alkanes of at least 4 members (excludes halogenated alkanes) is 1. The first kappa shape index (κ1) is 33.1. The number of hydrogen-bond donors (Lipinski definition) is 2. The van der Waals surface area contributed by atoms with Crippen LogP contribution in [0.15, 0.2) is 53.5 Å². The molecule has 0 atom stereocenters. The number of nitrogens with zero attached hydrogens (tertiary/aromatic N) is 2. The minimum absolute atomic E-state index is 0.211. The molecule has 44 heavy (non-hydrogen) atoms. The van der Waals surface area contributed by atoms with Crippen molar-refractivity contribution in [3.8, 4) is 22.6 Å². The van der Waals surface area contributed by atoms with Gasteiger partial charge in [0.2, 0.25) is 0 Å². The van der Waals surface area contributed by atoms with Crippen molar-refractivity contribution in [2.75, 3.05) is 44.0 Å². The van der Waals surface area contributed by atoms with Crippen molar-refractivity contribution in [2.24, 2.45) is 0 Å². The van der Waals surface area contributed by atoms with Gasteiger partial charge in [-0.1, -0.05) is 65.7 Å². The summed E-state index contributed by atoms with van der Waals surface area (Å²) in [5.74, 6) is 1.71. The van der Waals surface area contributed by atoms with Crippen LogP contribution in [0.5, 0.6) is 11.5 Å². The van der Waals surface area contributed by atoms with Gasteiger partial charge in [0, 0.05) is 36.1 Å². The maximum absolute atomic E-state index is 13.9. The normalized spacial score (nSPS) is 13.7. The van der Waals surface area contributed by atoms with Gasteiger partial charge in [0.05, 0.1) is 7.11 Å². The van der Waals surface area contributed by atoms with Crippen molar-refractivity contribution in [2.45, 2.75) is 85.1 Å². The summed E-state index contributed by atoms with van der Waals surface area (Å²) in [5, 5.41) is 6.07. The van der Waals surface area contributed by atoms with E-state index in [0.717, 1.165) is 49.3 Å². The first-order chi connectivity index (χ1) is 21.2. The molecule has 1 aromatic heterocycles. The number of hydrogen-bond acceptors (Lipinski definition) is 5. The number of urea groups is 1. The number of aromatic nitrogens is 1. The van der Waals surface area contributed by atoms with E-state index >= 15 is 0 Å². The molecule has 0 aliphatic carbocycles. The Morgan fingerprint density at radius 2 is 1.57 bits per heavy atom. The number of nitrogens with one attached hydrogen (secondary N) is 2. The molecule has 8 nitrogen and oxygen atoms in total. The van der Waals surface area contributed by atoms with E-state index in [4.69, 9.17) is 9.47 Å². The Morgan fingerprint density at radius 3 is 2.20 bits per heavy atom. The van der Waals surface area contributed by atoms with Crippen molar-refractivity contribution in [1.82, 2.24) is 9.47 Å². The monoisotopic (exact) mass is 602 g/mol. The van der Waals surface area contributed by atoms with Gasteiger partial charge >= 0.3 is 6.03 Å². The van der Waals surface area contributed by atoms with Crippen LogP contribution in [0.25, 0.3) is 11.1 Å². The first-order valence-electron chi connectivity index (χ1n) is 16.2. The maximum atomic E-state index is 13.9. The number of methoxy groups -OCH3 is 1. The number of carbonyl (C=O) groups excluding carboxylic acids is 1. The molecule has 0 radical (unpaired) electrons. The summed E-state index contributed by atoms with van der Waals surface area (Å²) in [4.78, 5) is 30.1. The molecule has 4 rings (SSSR count). The molecule has 2 N–H and O–H groups in total. The molecule has 1 saturated heterocycles. The number of para-hydroxylation sites is 1. The number of carbonyl (C=O) groups is 1. The number of pyridine rings is 1. The van der Waals surface area contributed by atoms with Gasteiger partial charge in [-0.05, 0) is 79.6 Å². The molecule has 1 aliphatic heterocycles. The fourth-order valence-electron chi connectivity index (χ4n) is 5.82. The average molecular weight is 603 g/mol. The van der Waals surface area contributed by atoms with Gasteiger partial charge in [-0.15, -0.1) is 0 Å². The minimum Gasteiger partial charge on any atom is -0.497 e.